The van der Waals surface area contributed by atoms with Gasteiger partial charge >= 0.3 is 0 Å². The molecule has 1 aliphatic rings. The molecule has 0 amide bonds. The summed E-state index contributed by atoms with van der Waals surface area (Å²) < 4.78 is 5.42. The Kier molecular flexibility index (Phi) is 6.29. The van der Waals surface area contributed by atoms with Crippen LogP contribution in [-0.2, 0) is 6.42 Å². The van der Waals surface area contributed by atoms with Crippen molar-refractivity contribution in [2.75, 3.05) is 11.6 Å². The molecule has 0 bridgehead atoms. The molecule has 1 unspecified atom stereocenters. The van der Waals surface area contributed by atoms with Crippen molar-refractivity contribution in [3.8, 4) is 23.2 Å². The fourth-order valence-electron chi connectivity index (χ4n) is 3.24. The third kappa shape index (κ3) is 4.93. The van der Waals surface area contributed by atoms with Gasteiger partial charge in [-0.2, -0.15) is 23.0 Å². The van der Waals surface area contributed by atoms with Gasteiger partial charge in [0.05, 0.1) is 47.3 Å². The molecule has 0 aliphatic carbocycles. The molecule has 3 aromatic rings. The number of hydrogen-bond acceptors (Lipinski definition) is 7. The number of hydrazone groups is 1. The van der Waals surface area contributed by atoms with Crippen molar-refractivity contribution in [3.05, 3.63) is 84.3 Å². The first kappa shape index (κ1) is 20.6. The van der Waals surface area contributed by atoms with Crippen molar-refractivity contribution < 1.29 is 4.74 Å². The van der Waals surface area contributed by atoms with Gasteiger partial charge in [-0.05, 0) is 42.8 Å². The monoisotopic (exact) mass is 427 g/mol. The van der Waals surface area contributed by atoms with Crippen LogP contribution in [0.25, 0.3) is 11.4 Å². The number of ether oxygens (including phenoxy) is 1. The SMILES string of the molecule is CCOc1cnc(-c2cccc(CC3=NN(c4cccc(C#N)c4)C=CC3S)c2)nc1. The van der Waals surface area contributed by atoms with Gasteiger partial charge in [0.15, 0.2) is 11.6 Å². The van der Waals surface area contributed by atoms with Crippen molar-refractivity contribution in [1.29, 1.82) is 5.26 Å². The Labute approximate surface area is 186 Å². The smallest absolute Gasteiger partial charge is 0.159 e. The van der Waals surface area contributed by atoms with E-state index in [0.717, 1.165) is 22.5 Å². The van der Waals surface area contributed by atoms with Gasteiger partial charge in [0, 0.05) is 18.2 Å². The molecule has 0 saturated heterocycles. The van der Waals surface area contributed by atoms with Gasteiger partial charge in [-0.3, -0.25) is 0 Å². The topological polar surface area (TPSA) is 74.4 Å². The third-order valence-corrected chi connectivity index (χ3v) is 5.21. The number of thiol groups is 1. The molecule has 154 valence electrons. The molecular weight excluding hydrogens is 406 g/mol. The highest BCUT2D eigenvalue weighted by Crippen LogP contribution is 2.24. The minimum absolute atomic E-state index is 0.0826. The quantitative estimate of drug-likeness (QED) is 0.580. The molecule has 2 aromatic carbocycles. The average molecular weight is 428 g/mol. The first-order chi connectivity index (χ1) is 15.2. The minimum atomic E-state index is -0.0826. The number of nitrogens with zero attached hydrogens (tertiary/aromatic N) is 5. The second kappa shape index (κ2) is 9.45. The van der Waals surface area contributed by atoms with Crippen LogP contribution in [0.2, 0.25) is 0 Å². The molecule has 1 aromatic heterocycles. The van der Waals surface area contributed by atoms with Crippen LogP contribution in [0, 0.1) is 11.3 Å². The van der Waals surface area contributed by atoms with Gasteiger partial charge in [0.25, 0.3) is 0 Å². The predicted molar refractivity (Wildman–Crippen MR) is 125 cm³/mol. The summed E-state index contributed by atoms with van der Waals surface area (Å²) in [4.78, 5) is 8.82. The van der Waals surface area contributed by atoms with Gasteiger partial charge in [0.1, 0.15) is 0 Å². The standard InChI is InChI=1S/C24H21N5OS/c1-2-30-21-15-26-24(27-16-21)19-7-3-5-17(11-19)13-22-23(31)9-10-29(28-22)20-8-4-6-18(12-20)14-25/h3-12,15-16,23,31H,2,13H2,1H3. The molecule has 1 atom stereocenters. The normalized spacial score (nSPS) is 15.3. The Balaban J connectivity index is 1.55. The van der Waals surface area contributed by atoms with Gasteiger partial charge in [-0.15, -0.1) is 0 Å². The van der Waals surface area contributed by atoms with E-state index >= 15 is 0 Å². The van der Waals surface area contributed by atoms with E-state index < -0.39 is 0 Å². The first-order valence-corrected chi connectivity index (χ1v) is 10.4. The molecule has 1 aliphatic heterocycles. The highest BCUT2D eigenvalue weighted by atomic mass is 32.1. The summed E-state index contributed by atoms with van der Waals surface area (Å²) in [6.07, 6.45) is 7.88. The highest BCUT2D eigenvalue weighted by Gasteiger charge is 2.17. The summed E-state index contributed by atoms with van der Waals surface area (Å²) in [6, 6.07) is 17.6. The molecule has 2 heterocycles. The van der Waals surface area contributed by atoms with E-state index in [1.54, 1.807) is 23.5 Å². The van der Waals surface area contributed by atoms with Crippen LogP contribution in [0.3, 0.4) is 0 Å². The Hall–Kier alpha value is -3.63. The molecule has 31 heavy (non-hydrogen) atoms. The lowest BCUT2D eigenvalue weighted by Gasteiger charge is -2.23. The lowest BCUT2D eigenvalue weighted by Crippen LogP contribution is -2.25. The van der Waals surface area contributed by atoms with Crippen LogP contribution in [0.15, 0.2) is 78.3 Å². The van der Waals surface area contributed by atoms with E-state index in [4.69, 9.17) is 15.1 Å². The predicted octanol–water partition coefficient (Wildman–Crippen LogP) is 4.64. The van der Waals surface area contributed by atoms with Crippen molar-refractivity contribution in [2.45, 2.75) is 18.6 Å². The van der Waals surface area contributed by atoms with E-state index in [0.29, 0.717) is 30.2 Å². The van der Waals surface area contributed by atoms with E-state index in [1.165, 1.54) is 0 Å². The second-order valence-electron chi connectivity index (χ2n) is 6.94. The number of benzene rings is 2. The van der Waals surface area contributed by atoms with Crippen LogP contribution >= 0.6 is 12.6 Å². The Morgan fingerprint density at radius 2 is 1.94 bits per heavy atom. The number of nitriles is 1. The Morgan fingerprint density at radius 1 is 1.13 bits per heavy atom. The Morgan fingerprint density at radius 3 is 2.71 bits per heavy atom. The van der Waals surface area contributed by atoms with Crippen molar-refractivity contribution in [1.82, 2.24) is 9.97 Å². The van der Waals surface area contributed by atoms with E-state index in [2.05, 4.69) is 40.8 Å². The number of aromatic nitrogens is 2. The minimum Gasteiger partial charge on any atom is -0.491 e. The summed E-state index contributed by atoms with van der Waals surface area (Å²) in [6.45, 7) is 2.51. The molecule has 7 heteroatoms. The van der Waals surface area contributed by atoms with Crippen LogP contribution < -0.4 is 9.75 Å². The molecule has 4 rings (SSSR count). The number of rotatable bonds is 6. The zero-order valence-electron chi connectivity index (χ0n) is 17.0. The second-order valence-corrected chi connectivity index (χ2v) is 7.49. The van der Waals surface area contributed by atoms with Crippen LogP contribution in [0.5, 0.6) is 5.75 Å². The third-order valence-electron chi connectivity index (χ3n) is 4.74. The van der Waals surface area contributed by atoms with Crippen LogP contribution in [0.1, 0.15) is 18.1 Å². The molecule has 0 saturated carbocycles. The largest absolute Gasteiger partial charge is 0.491 e. The first-order valence-electron chi connectivity index (χ1n) is 9.93. The summed E-state index contributed by atoms with van der Waals surface area (Å²) in [5, 5.41) is 15.6. The van der Waals surface area contributed by atoms with Crippen molar-refractivity contribution in [2.24, 2.45) is 5.10 Å². The van der Waals surface area contributed by atoms with Gasteiger partial charge in [0.2, 0.25) is 0 Å². The zero-order valence-corrected chi connectivity index (χ0v) is 17.9. The van der Waals surface area contributed by atoms with E-state index in [-0.39, 0.29) is 5.25 Å². The zero-order chi connectivity index (χ0) is 21.6. The van der Waals surface area contributed by atoms with Crippen molar-refractivity contribution >= 4 is 24.0 Å². The molecular formula is C24H21N5OS. The van der Waals surface area contributed by atoms with E-state index in [1.807, 2.05) is 49.5 Å². The highest BCUT2D eigenvalue weighted by molar-refractivity contribution is 7.82. The van der Waals surface area contributed by atoms with Crippen molar-refractivity contribution in [3.63, 3.8) is 0 Å². The molecule has 0 N–H and O–H groups in total. The van der Waals surface area contributed by atoms with E-state index in [9.17, 15) is 0 Å². The van der Waals surface area contributed by atoms with Crippen LogP contribution in [0.4, 0.5) is 5.69 Å². The maximum Gasteiger partial charge on any atom is 0.159 e. The summed E-state index contributed by atoms with van der Waals surface area (Å²) in [7, 11) is 0. The summed E-state index contributed by atoms with van der Waals surface area (Å²) >= 11 is 4.67. The van der Waals surface area contributed by atoms with Gasteiger partial charge in [-0.1, -0.05) is 24.3 Å². The fourth-order valence-corrected chi connectivity index (χ4v) is 3.46. The maximum absolute atomic E-state index is 9.16. The molecule has 6 nitrogen and oxygen atoms in total. The number of hydrogen-bond donors (Lipinski definition) is 1. The van der Waals surface area contributed by atoms with Gasteiger partial charge in [-0.25, -0.2) is 15.0 Å². The fraction of sp³-hybridized carbons (Fsp3) is 0.167. The Bertz CT molecular complexity index is 1170. The summed E-state index contributed by atoms with van der Waals surface area (Å²) in [5.41, 5.74) is 4.37. The maximum atomic E-state index is 9.16. The average Bonchev–Trinajstić information content (AvgIpc) is 2.81. The summed E-state index contributed by atoms with van der Waals surface area (Å²) in [5.74, 6) is 1.30. The lowest BCUT2D eigenvalue weighted by atomic mass is 10.0. The lowest BCUT2D eigenvalue weighted by molar-refractivity contribution is 0.337. The molecule has 0 radical (unpaired) electrons. The van der Waals surface area contributed by atoms with Crippen LogP contribution in [-0.4, -0.2) is 27.5 Å². The van der Waals surface area contributed by atoms with Gasteiger partial charge < -0.3 is 4.74 Å². The molecule has 0 fully saturated rings. The molecule has 0 spiro atoms. The number of anilines is 1.